The second-order valence-corrected chi connectivity index (χ2v) is 8.62. The number of rotatable bonds is 9. The molecule has 1 N–H and O–H groups in total. The third-order valence-electron chi connectivity index (χ3n) is 5.16. The van der Waals surface area contributed by atoms with E-state index >= 15 is 0 Å². The minimum absolute atomic E-state index is 0.0280. The Hall–Kier alpha value is -4.18. The Morgan fingerprint density at radius 2 is 1.84 bits per heavy atom. The summed E-state index contributed by atoms with van der Waals surface area (Å²) < 4.78 is 34.9. The van der Waals surface area contributed by atoms with Crippen LogP contribution in [0.25, 0.3) is 6.08 Å². The van der Waals surface area contributed by atoms with Crippen LogP contribution in [-0.4, -0.2) is 40.9 Å². The highest BCUT2D eigenvalue weighted by molar-refractivity contribution is 8.14. The molecule has 7 nitrogen and oxygen atoms in total. The highest BCUT2D eigenvalue weighted by atomic mass is 32.2. The van der Waals surface area contributed by atoms with Crippen LogP contribution in [-0.2, 0) is 4.79 Å². The zero-order valence-corrected chi connectivity index (χ0v) is 20.5. The van der Waals surface area contributed by atoms with E-state index in [0.29, 0.717) is 23.4 Å². The lowest BCUT2D eigenvalue weighted by atomic mass is 10.1. The van der Waals surface area contributed by atoms with Crippen molar-refractivity contribution in [2.45, 2.75) is 13.5 Å². The Kier molecular flexibility index (Phi) is 8.19. The molecule has 37 heavy (non-hydrogen) atoms. The number of anilines is 1. The van der Waals surface area contributed by atoms with Gasteiger partial charge in [-0.25, -0.2) is 4.99 Å². The summed E-state index contributed by atoms with van der Waals surface area (Å²) in [4.78, 5) is 31.8. The Labute approximate surface area is 216 Å². The van der Waals surface area contributed by atoms with Gasteiger partial charge in [-0.1, -0.05) is 48.2 Å². The van der Waals surface area contributed by atoms with Crippen LogP contribution in [0.4, 0.5) is 14.5 Å². The number of hydrogen-bond acceptors (Lipinski definition) is 7. The van der Waals surface area contributed by atoms with Gasteiger partial charge in [-0.05, 0) is 55.0 Å². The second kappa shape index (κ2) is 11.7. The number of alkyl halides is 2. The molecule has 0 fully saturated rings. The van der Waals surface area contributed by atoms with Crippen LogP contribution in [0.3, 0.4) is 0 Å². The SMILES string of the molecule is CCOc1cc(/C=C2\N=C(SCC(=O)c3ccccc3)N(c3ccc(OC(F)F)cc3)C2=O)ccc1O. The van der Waals surface area contributed by atoms with Gasteiger partial charge in [0, 0.05) is 5.56 Å². The molecule has 0 unspecified atom stereocenters. The molecule has 10 heteroatoms. The monoisotopic (exact) mass is 524 g/mol. The number of nitrogens with zero attached hydrogens (tertiary/aromatic N) is 2. The molecule has 1 amide bonds. The van der Waals surface area contributed by atoms with E-state index in [9.17, 15) is 23.5 Å². The van der Waals surface area contributed by atoms with E-state index in [1.165, 1.54) is 41.3 Å². The van der Waals surface area contributed by atoms with Crippen molar-refractivity contribution in [2.75, 3.05) is 17.3 Å². The largest absolute Gasteiger partial charge is 0.504 e. The molecule has 0 spiro atoms. The summed E-state index contributed by atoms with van der Waals surface area (Å²) in [5, 5.41) is 10.2. The number of aliphatic imine (C=N–C) groups is 1. The van der Waals surface area contributed by atoms with Crippen molar-refractivity contribution in [3.05, 3.63) is 89.6 Å². The molecule has 3 aromatic rings. The molecule has 0 radical (unpaired) electrons. The van der Waals surface area contributed by atoms with Crippen LogP contribution in [0.2, 0.25) is 0 Å². The van der Waals surface area contributed by atoms with Gasteiger partial charge >= 0.3 is 6.61 Å². The first-order valence-corrected chi connectivity index (χ1v) is 12.2. The first-order chi connectivity index (χ1) is 17.9. The fraction of sp³-hybridized carbons (Fsp3) is 0.148. The average molecular weight is 525 g/mol. The van der Waals surface area contributed by atoms with Crippen molar-refractivity contribution >= 4 is 40.4 Å². The molecule has 3 aromatic carbocycles. The minimum atomic E-state index is -2.97. The summed E-state index contributed by atoms with van der Waals surface area (Å²) in [6.07, 6.45) is 1.54. The highest BCUT2D eigenvalue weighted by Gasteiger charge is 2.32. The third kappa shape index (κ3) is 6.34. The van der Waals surface area contributed by atoms with E-state index < -0.39 is 12.5 Å². The molecule has 1 heterocycles. The van der Waals surface area contributed by atoms with Gasteiger partial charge in [0.05, 0.1) is 18.0 Å². The van der Waals surface area contributed by atoms with Crippen LogP contribution < -0.4 is 14.4 Å². The van der Waals surface area contributed by atoms with Crippen LogP contribution in [0.5, 0.6) is 17.2 Å². The summed E-state index contributed by atoms with van der Waals surface area (Å²) >= 11 is 1.09. The molecule has 0 bridgehead atoms. The van der Waals surface area contributed by atoms with Gasteiger partial charge < -0.3 is 14.6 Å². The lowest BCUT2D eigenvalue weighted by Crippen LogP contribution is -2.30. The maximum atomic E-state index is 13.4. The molecule has 0 saturated heterocycles. The maximum absolute atomic E-state index is 13.4. The predicted molar refractivity (Wildman–Crippen MR) is 138 cm³/mol. The topological polar surface area (TPSA) is 88.4 Å². The van der Waals surface area contributed by atoms with E-state index in [2.05, 4.69) is 9.73 Å². The van der Waals surface area contributed by atoms with Crippen molar-refractivity contribution in [2.24, 2.45) is 4.99 Å². The van der Waals surface area contributed by atoms with E-state index in [4.69, 9.17) is 4.74 Å². The zero-order valence-electron chi connectivity index (χ0n) is 19.6. The molecule has 0 aliphatic carbocycles. The minimum Gasteiger partial charge on any atom is -0.504 e. The van der Waals surface area contributed by atoms with E-state index in [-0.39, 0.29) is 39.6 Å². The lowest BCUT2D eigenvalue weighted by Gasteiger charge is -2.18. The number of hydrogen-bond donors (Lipinski definition) is 1. The number of halogens is 2. The summed E-state index contributed by atoms with van der Waals surface area (Å²) in [5.41, 5.74) is 1.56. The van der Waals surface area contributed by atoms with Crippen molar-refractivity contribution in [3.63, 3.8) is 0 Å². The van der Waals surface area contributed by atoms with Crippen molar-refractivity contribution in [3.8, 4) is 17.2 Å². The van der Waals surface area contributed by atoms with Crippen molar-refractivity contribution in [1.82, 2.24) is 0 Å². The Morgan fingerprint density at radius 1 is 1.11 bits per heavy atom. The number of carbonyl (C=O) groups is 2. The van der Waals surface area contributed by atoms with E-state index in [1.807, 2.05) is 6.07 Å². The number of carbonyl (C=O) groups excluding carboxylic acids is 2. The van der Waals surface area contributed by atoms with Crippen molar-refractivity contribution in [1.29, 1.82) is 0 Å². The number of ether oxygens (including phenoxy) is 2. The van der Waals surface area contributed by atoms with E-state index in [1.54, 1.807) is 43.3 Å². The number of ketones is 1. The van der Waals surface area contributed by atoms with Crippen molar-refractivity contribution < 1.29 is 33.0 Å². The summed E-state index contributed by atoms with van der Waals surface area (Å²) in [5.74, 6) is -0.407. The molecule has 1 aliphatic rings. The lowest BCUT2D eigenvalue weighted by molar-refractivity contribution is -0.113. The highest BCUT2D eigenvalue weighted by Crippen LogP contribution is 2.33. The summed E-state index contributed by atoms with van der Waals surface area (Å²) in [6.45, 7) is -0.845. The van der Waals surface area contributed by atoms with Gasteiger partial charge in [-0.2, -0.15) is 8.78 Å². The summed E-state index contributed by atoms with van der Waals surface area (Å²) in [6, 6.07) is 19.0. The standard InChI is InChI=1S/C27H22F2N2O5S/c1-2-35-24-15-17(8-13-22(24)32)14-21-25(34)31(19-9-11-20(12-10-19)36-26(28)29)27(30-21)37-16-23(33)18-6-4-3-5-7-18/h3-15,26,32H,2,16H2,1H3/b21-14-. The van der Waals surface area contributed by atoms with Gasteiger partial charge in [0.2, 0.25) is 0 Å². The number of thioether (sulfide) groups is 1. The molecular formula is C27H22F2N2O5S. The Bertz CT molecular complexity index is 1340. The number of phenols is 1. The second-order valence-electron chi connectivity index (χ2n) is 7.67. The first-order valence-electron chi connectivity index (χ1n) is 11.2. The fourth-order valence-electron chi connectivity index (χ4n) is 3.48. The fourth-order valence-corrected chi connectivity index (χ4v) is 4.39. The molecule has 1 aliphatic heterocycles. The predicted octanol–water partition coefficient (Wildman–Crippen LogP) is 5.75. The van der Waals surface area contributed by atoms with Gasteiger partial charge in [-0.15, -0.1) is 0 Å². The smallest absolute Gasteiger partial charge is 0.387 e. The molecule has 0 saturated carbocycles. The van der Waals surface area contributed by atoms with Gasteiger partial charge in [-0.3, -0.25) is 14.5 Å². The summed E-state index contributed by atoms with van der Waals surface area (Å²) in [7, 11) is 0. The Balaban J connectivity index is 1.64. The number of benzene rings is 3. The number of Topliss-reactive ketones (excluding diaryl/α,β-unsaturated/α-hetero) is 1. The van der Waals surface area contributed by atoms with Gasteiger partial charge in [0.25, 0.3) is 5.91 Å². The molecular weight excluding hydrogens is 502 g/mol. The number of aromatic hydroxyl groups is 1. The van der Waals surface area contributed by atoms with Crippen LogP contribution in [0.15, 0.2) is 83.5 Å². The zero-order chi connectivity index (χ0) is 26.4. The van der Waals surface area contributed by atoms with Crippen LogP contribution >= 0.6 is 11.8 Å². The quantitative estimate of drug-likeness (QED) is 0.283. The average Bonchev–Trinajstić information content (AvgIpc) is 3.20. The van der Waals surface area contributed by atoms with E-state index in [0.717, 1.165) is 11.8 Å². The normalized spacial score (nSPS) is 14.3. The number of phenolic OH excluding ortho intramolecular Hbond substituents is 1. The van der Waals surface area contributed by atoms with Crippen LogP contribution in [0, 0.1) is 0 Å². The molecule has 4 rings (SSSR count). The Morgan fingerprint density at radius 3 is 2.51 bits per heavy atom. The van der Waals surface area contributed by atoms with Crippen LogP contribution in [0.1, 0.15) is 22.8 Å². The number of amides is 1. The van der Waals surface area contributed by atoms with Gasteiger partial charge in [0.15, 0.2) is 22.4 Å². The number of amidine groups is 1. The third-order valence-corrected chi connectivity index (χ3v) is 6.10. The first kappa shape index (κ1) is 25.9. The molecule has 0 aromatic heterocycles. The molecule has 190 valence electrons. The van der Waals surface area contributed by atoms with Gasteiger partial charge in [0.1, 0.15) is 11.4 Å². The maximum Gasteiger partial charge on any atom is 0.387 e. The molecule has 0 atom stereocenters.